The number of nitrogens with zero attached hydrogens (tertiary/aromatic N) is 3. The third kappa shape index (κ3) is 6.26. The van der Waals surface area contributed by atoms with E-state index in [9.17, 15) is 9.59 Å². The average Bonchev–Trinajstić information content (AvgIpc) is 3.50. The number of rotatable bonds is 11. The van der Waals surface area contributed by atoms with E-state index in [0.29, 0.717) is 23.9 Å². The molecule has 1 aromatic heterocycles. The molecule has 30 heavy (non-hydrogen) atoms. The van der Waals surface area contributed by atoms with Gasteiger partial charge in [0, 0.05) is 36.5 Å². The molecule has 2 amide bonds. The van der Waals surface area contributed by atoms with Gasteiger partial charge in [-0.25, -0.2) is 0 Å². The number of ether oxygens (including phenoxy) is 1. The Morgan fingerprint density at radius 2 is 1.90 bits per heavy atom. The van der Waals surface area contributed by atoms with Crippen LogP contribution >= 0.6 is 11.6 Å². The number of aryl methyl sites for hydroxylation is 1. The van der Waals surface area contributed by atoms with Gasteiger partial charge in [0.1, 0.15) is 5.75 Å². The molecule has 2 aromatic rings. The summed E-state index contributed by atoms with van der Waals surface area (Å²) in [7, 11) is 1.98. The summed E-state index contributed by atoms with van der Waals surface area (Å²) in [6.45, 7) is 3.18. The van der Waals surface area contributed by atoms with Gasteiger partial charge in [0.25, 0.3) is 5.91 Å². The van der Waals surface area contributed by atoms with Crippen LogP contribution in [0.15, 0.2) is 42.6 Å². The maximum absolute atomic E-state index is 13.1. The van der Waals surface area contributed by atoms with Crippen molar-refractivity contribution in [2.24, 2.45) is 7.05 Å². The van der Waals surface area contributed by atoms with Crippen molar-refractivity contribution in [2.75, 3.05) is 19.7 Å². The topological polar surface area (TPSA) is 54.8 Å². The number of carbonyl (C=O) groups is 2. The fourth-order valence-electron chi connectivity index (χ4n) is 3.30. The number of halogens is 1. The molecule has 1 aliphatic carbocycles. The molecule has 162 valence electrons. The van der Waals surface area contributed by atoms with Crippen LogP contribution in [0.2, 0.25) is 5.02 Å². The highest BCUT2D eigenvalue weighted by atomic mass is 35.5. The highest BCUT2D eigenvalue weighted by Crippen LogP contribution is 2.28. The zero-order chi connectivity index (χ0) is 21.5. The SMILES string of the molecule is CCCCN(CC(=O)N(Cc1cccn1C)C1CC1)C(=O)COc1ccc(Cl)cc1. The molecule has 6 nitrogen and oxygen atoms in total. The van der Waals surface area contributed by atoms with Crippen molar-refractivity contribution in [1.29, 1.82) is 0 Å². The van der Waals surface area contributed by atoms with Crippen molar-refractivity contribution in [2.45, 2.75) is 45.2 Å². The quantitative estimate of drug-likeness (QED) is 0.542. The third-order valence-corrected chi connectivity index (χ3v) is 5.58. The van der Waals surface area contributed by atoms with Gasteiger partial charge in [-0.1, -0.05) is 24.9 Å². The molecule has 0 unspecified atom stereocenters. The molecule has 3 rings (SSSR count). The van der Waals surface area contributed by atoms with Gasteiger partial charge in [-0.3, -0.25) is 9.59 Å². The minimum atomic E-state index is -0.179. The van der Waals surface area contributed by atoms with E-state index >= 15 is 0 Å². The first-order chi connectivity index (χ1) is 14.5. The first kappa shape index (κ1) is 22.2. The van der Waals surface area contributed by atoms with Gasteiger partial charge in [-0.2, -0.15) is 0 Å². The van der Waals surface area contributed by atoms with Crippen molar-refractivity contribution >= 4 is 23.4 Å². The van der Waals surface area contributed by atoms with Crippen LogP contribution in [-0.2, 0) is 23.2 Å². The van der Waals surface area contributed by atoms with Crippen molar-refractivity contribution in [3.05, 3.63) is 53.3 Å². The standard InChI is InChI=1S/C23H30ClN3O3/c1-3-4-14-26(23(29)17-30-21-11-7-18(24)8-12-21)16-22(28)27(19-9-10-19)15-20-6-5-13-25(20)2/h5-8,11-13,19H,3-4,9-10,14-17H2,1-2H3. The number of unbranched alkanes of at least 4 members (excludes halogenated alkanes) is 1. The Labute approximate surface area is 183 Å². The van der Waals surface area contributed by atoms with Gasteiger partial charge in [-0.05, 0) is 55.7 Å². The molecule has 1 saturated carbocycles. The van der Waals surface area contributed by atoms with E-state index in [1.807, 2.05) is 34.8 Å². The third-order valence-electron chi connectivity index (χ3n) is 5.33. The van der Waals surface area contributed by atoms with E-state index in [1.54, 1.807) is 29.2 Å². The molecule has 0 N–H and O–H groups in total. The van der Waals surface area contributed by atoms with E-state index in [-0.39, 0.29) is 31.0 Å². The van der Waals surface area contributed by atoms with E-state index in [2.05, 4.69) is 6.92 Å². The Bertz CT molecular complexity index is 846. The van der Waals surface area contributed by atoms with Crippen LogP contribution in [0.3, 0.4) is 0 Å². The zero-order valence-corrected chi connectivity index (χ0v) is 18.5. The second-order valence-corrected chi connectivity index (χ2v) is 8.21. The number of hydrogen-bond donors (Lipinski definition) is 0. The van der Waals surface area contributed by atoms with Crippen molar-refractivity contribution in [1.82, 2.24) is 14.4 Å². The van der Waals surface area contributed by atoms with E-state index in [0.717, 1.165) is 31.4 Å². The van der Waals surface area contributed by atoms with E-state index in [4.69, 9.17) is 16.3 Å². The fraction of sp³-hybridized carbons (Fsp3) is 0.478. The van der Waals surface area contributed by atoms with Crippen molar-refractivity contribution in [3.8, 4) is 5.75 Å². The Balaban J connectivity index is 1.61. The summed E-state index contributed by atoms with van der Waals surface area (Å²) in [6, 6.07) is 11.2. The highest BCUT2D eigenvalue weighted by molar-refractivity contribution is 6.30. The maximum atomic E-state index is 13.1. The highest BCUT2D eigenvalue weighted by Gasteiger charge is 2.34. The summed E-state index contributed by atoms with van der Waals surface area (Å²) in [4.78, 5) is 29.5. The molecule has 0 atom stereocenters. The normalized spacial score (nSPS) is 13.2. The molecule has 1 fully saturated rings. The molecule has 0 aliphatic heterocycles. The summed E-state index contributed by atoms with van der Waals surface area (Å²) in [5.74, 6) is 0.397. The van der Waals surface area contributed by atoms with Gasteiger partial charge in [0.2, 0.25) is 5.91 Å². The molecule has 7 heteroatoms. The maximum Gasteiger partial charge on any atom is 0.260 e. The van der Waals surface area contributed by atoms with Crippen molar-refractivity contribution < 1.29 is 14.3 Å². The van der Waals surface area contributed by atoms with E-state index in [1.165, 1.54) is 0 Å². The molecule has 1 aromatic carbocycles. The molecular formula is C23H30ClN3O3. The number of benzene rings is 1. The summed E-state index contributed by atoms with van der Waals surface area (Å²) >= 11 is 5.89. The van der Waals surface area contributed by atoms with Gasteiger partial charge in [0.05, 0.1) is 13.1 Å². The second-order valence-electron chi connectivity index (χ2n) is 7.77. The lowest BCUT2D eigenvalue weighted by molar-refractivity contribution is -0.142. The lowest BCUT2D eigenvalue weighted by Crippen LogP contribution is -2.45. The fourth-order valence-corrected chi connectivity index (χ4v) is 3.43. The number of carbonyl (C=O) groups excluding carboxylic acids is 2. The molecule has 0 bridgehead atoms. The molecular weight excluding hydrogens is 402 g/mol. The molecule has 0 spiro atoms. The molecule has 1 heterocycles. The van der Waals surface area contributed by atoms with Gasteiger partial charge < -0.3 is 19.1 Å². The first-order valence-corrected chi connectivity index (χ1v) is 10.9. The van der Waals surface area contributed by atoms with Crippen LogP contribution in [0.1, 0.15) is 38.3 Å². The predicted octanol–water partition coefficient (Wildman–Crippen LogP) is 3.88. The Morgan fingerprint density at radius 1 is 1.17 bits per heavy atom. The number of amides is 2. The van der Waals surface area contributed by atoms with Crippen LogP contribution in [-0.4, -0.2) is 51.9 Å². The predicted molar refractivity (Wildman–Crippen MR) is 117 cm³/mol. The summed E-state index contributed by atoms with van der Waals surface area (Å²) in [6.07, 6.45) is 5.83. The van der Waals surface area contributed by atoms with Crippen molar-refractivity contribution in [3.63, 3.8) is 0 Å². The van der Waals surface area contributed by atoms with Crippen LogP contribution < -0.4 is 4.74 Å². The largest absolute Gasteiger partial charge is 0.484 e. The van der Waals surface area contributed by atoms with Crippen LogP contribution in [0.5, 0.6) is 5.75 Å². The smallest absolute Gasteiger partial charge is 0.260 e. The summed E-state index contributed by atoms with van der Waals surface area (Å²) in [5.41, 5.74) is 1.09. The van der Waals surface area contributed by atoms with Crippen LogP contribution in [0.4, 0.5) is 0 Å². The first-order valence-electron chi connectivity index (χ1n) is 10.5. The summed E-state index contributed by atoms with van der Waals surface area (Å²) < 4.78 is 7.64. The minimum Gasteiger partial charge on any atom is -0.484 e. The van der Waals surface area contributed by atoms with E-state index < -0.39 is 0 Å². The molecule has 0 saturated heterocycles. The molecule has 0 radical (unpaired) electrons. The monoisotopic (exact) mass is 431 g/mol. The van der Waals surface area contributed by atoms with Crippen LogP contribution in [0.25, 0.3) is 0 Å². The zero-order valence-electron chi connectivity index (χ0n) is 17.7. The number of aromatic nitrogens is 1. The lowest BCUT2D eigenvalue weighted by Gasteiger charge is -2.28. The Morgan fingerprint density at radius 3 is 2.50 bits per heavy atom. The van der Waals surface area contributed by atoms with Gasteiger partial charge in [-0.15, -0.1) is 0 Å². The lowest BCUT2D eigenvalue weighted by atomic mass is 10.3. The average molecular weight is 432 g/mol. The number of hydrogen-bond acceptors (Lipinski definition) is 3. The minimum absolute atomic E-state index is 0.00496. The Hall–Kier alpha value is -2.47. The van der Waals surface area contributed by atoms with Gasteiger partial charge >= 0.3 is 0 Å². The van der Waals surface area contributed by atoms with Gasteiger partial charge in [0.15, 0.2) is 6.61 Å². The molecule has 1 aliphatic rings. The van der Waals surface area contributed by atoms with Crippen LogP contribution in [0, 0.1) is 0 Å². The second kappa shape index (κ2) is 10.5. The Kier molecular flexibility index (Phi) is 7.80. The summed E-state index contributed by atoms with van der Waals surface area (Å²) in [5, 5.41) is 0.613.